The number of benzene rings is 1. The molecular formula is C14H19NO2. The minimum atomic E-state index is -0.880. The van der Waals surface area contributed by atoms with Crippen molar-refractivity contribution in [3.05, 3.63) is 47.5 Å². The predicted molar refractivity (Wildman–Crippen MR) is 69.2 cm³/mol. The quantitative estimate of drug-likeness (QED) is 0.768. The summed E-state index contributed by atoms with van der Waals surface area (Å²) >= 11 is 0. The van der Waals surface area contributed by atoms with E-state index in [0.29, 0.717) is 5.56 Å². The van der Waals surface area contributed by atoms with Crippen molar-refractivity contribution in [1.82, 2.24) is 4.90 Å². The third-order valence-corrected chi connectivity index (χ3v) is 2.52. The van der Waals surface area contributed by atoms with Crippen molar-refractivity contribution >= 4 is 5.97 Å². The van der Waals surface area contributed by atoms with Gasteiger partial charge in [0.25, 0.3) is 0 Å². The van der Waals surface area contributed by atoms with Gasteiger partial charge in [0.1, 0.15) is 0 Å². The molecule has 0 aliphatic heterocycles. The molecule has 1 aromatic carbocycles. The van der Waals surface area contributed by atoms with Crippen molar-refractivity contribution in [2.45, 2.75) is 20.4 Å². The molecule has 0 aliphatic carbocycles. The number of likely N-dealkylation sites (N-methyl/N-ethyl adjacent to an activating group) is 1. The average molecular weight is 233 g/mol. The Morgan fingerprint density at radius 3 is 2.71 bits per heavy atom. The van der Waals surface area contributed by atoms with Gasteiger partial charge in [0.15, 0.2) is 0 Å². The summed E-state index contributed by atoms with van der Waals surface area (Å²) in [6.45, 7) is 10.5. The van der Waals surface area contributed by atoms with Crippen LogP contribution in [0.4, 0.5) is 0 Å². The molecule has 3 heteroatoms. The maximum Gasteiger partial charge on any atom is 0.335 e. The van der Waals surface area contributed by atoms with Crippen LogP contribution in [0.1, 0.15) is 29.8 Å². The highest BCUT2D eigenvalue weighted by molar-refractivity contribution is 5.87. The number of rotatable bonds is 6. The lowest BCUT2D eigenvalue weighted by Crippen LogP contribution is -2.24. The van der Waals surface area contributed by atoms with Gasteiger partial charge in [-0.25, -0.2) is 4.79 Å². The zero-order valence-corrected chi connectivity index (χ0v) is 10.4. The fraction of sp³-hybridized carbons (Fsp3) is 0.357. The Morgan fingerprint density at radius 1 is 1.47 bits per heavy atom. The Balaban J connectivity index is 2.75. The topological polar surface area (TPSA) is 40.5 Å². The van der Waals surface area contributed by atoms with Gasteiger partial charge in [-0.15, -0.1) is 0 Å². The number of carbonyl (C=O) groups is 1. The molecule has 0 aromatic heterocycles. The molecule has 0 spiro atoms. The van der Waals surface area contributed by atoms with E-state index >= 15 is 0 Å². The molecule has 17 heavy (non-hydrogen) atoms. The van der Waals surface area contributed by atoms with Crippen LogP contribution in [-0.4, -0.2) is 29.1 Å². The Morgan fingerprint density at radius 2 is 2.18 bits per heavy atom. The molecule has 0 heterocycles. The molecule has 1 rings (SSSR count). The van der Waals surface area contributed by atoms with Crippen molar-refractivity contribution in [2.75, 3.05) is 13.1 Å². The minimum absolute atomic E-state index is 0.342. The maximum atomic E-state index is 10.9. The van der Waals surface area contributed by atoms with E-state index in [9.17, 15) is 4.79 Å². The van der Waals surface area contributed by atoms with Crippen molar-refractivity contribution in [2.24, 2.45) is 0 Å². The molecule has 0 saturated heterocycles. The van der Waals surface area contributed by atoms with Crippen LogP contribution in [0, 0.1) is 0 Å². The average Bonchev–Trinajstić information content (AvgIpc) is 2.28. The second kappa shape index (κ2) is 6.21. The number of nitrogens with zero attached hydrogens (tertiary/aromatic N) is 1. The highest BCUT2D eigenvalue weighted by Gasteiger charge is 2.07. The standard InChI is InChI=1S/C14H19NO2/c1-4-15(9-11(2)3)10-12-6-5-7-13(8-12)14(16)17/h5-8H,2,4,9-10H2,1,3H3,(H,16,17). The van der Waals surface area contributed by atoms with E-state index in [1.54, 1.807) is 18.2 Å². The van der Waals surface area contributed by atoms with Gasteiger partial charge in [-0.2, -0.15) is 0 Å². The fourth-order valence-corrected chi connectivity index (χ4v) is 1.72. The van der Waals surface area contributed by atoms with Gasteiger partial charge in [0.2, 0.25) is 0 Å². The molecule has 0 unspecified atom stereocenters. The number of aromatic carboxylic acids is 1. The molecule has 0 saturated carbocycles. The third kappa shape index (κ3) is 4.41. The number of hydrogen-bond donors (Lipinski definition) is 1. The molecule has 1 N–H and O–H groups in total. The summed E-state index contributed by atoms with van der Waals surface area (Å²) in [7, 11) is 0. The first-order chi connectivity index (χ1) is 8.02. The summed E-state index contributed by atoms with van der Waals surface area (Å²) in [6, 6.07) is 7.07. The highest BCUT2D eigenvalue weighted by atomic mass is 16.4. The Labute approximate surface area is 102 Å². The van der Waals surface area contributed by atoms with Crippen LogP contribution in [0.5, 0.6) is 0 Å². The van der Waals surface area contributed by atoms with Crippen LogP contribution >= 0.6 is 0 Å². The van der Waals surface area contributed by atoms with Gasteiger partial charge in [0.05, 0.1) is 5.56 Å². The van der Waals surface area contributed by atoms with Crippen LogP contribution in [0.3, 0.4) is 0 Å². The molecule has 92 valence electrons. The normalized spacial score (nSPS) is 10.5. The van der Waals surface area contributed by atoms with E-state index in [4.69, 9.17) is 5.11 Å². The molecule has 0 aliphatic rings. The minimum Gasteiger partial charge on any atom is -0.478 e. The second-order valence-corrected chi connectivity index (χ2v) is 4.27. The summed E-state index contributed by atoms with van der Waals surface area (Å²) in [4.78, 5) is 13.1. The van der Waals surface area contributed by atoms with Crippen LogP contribution in [0.15, 0.2) is 36.4 Å². The van der Waals surface area contributed by atoms with Gasteiger partial charge in [-0.1, -0.05) is 31.2 Å². The maximum absolute atomic E-state index is 10.9. The highest BCUT2D eigenvalue weighted by Crippen LogP contribution is 2.09. The van der Waals surface area contributed by atoms with Crippen LogP contribution < -0.4 is 0 Å². The molecule has 0 atom stereocenters. The molecule has 0 amide bonds. The van der Waals surface area contributed by atoms with Crippen LogP contribution in [0.25, 0.3) is 0 Å². The molecule has 1 aromatic rings. The summed E-state index contributed by atoms with van der Waals surface area (Å²) in [6.07, 6.45) is 0. The van der Waals surface area contributed by atoms with Gasteiger partial charge in [0, 0.05) is 13.1 Å². The Kier molecular flexibility index (Phi) is 4.91. The van der Waals surface area contributed by atoms with E-state index in [1.807, 2.05) is 13.0 Å². The summed E-state index contributed by atoms with van der Waals surface area (Å²) < 4.78 is 0. The second-order valence-electron chi connectivity index (χ2n) is 4.27. The van der Waals surface area contributed by atoms with Crippen molar-refractivity contribution in [3.63, 3.8) is 0 Å². The first-order valence-corrected chi connectivity index (χ1v) is 5.72. The van der Waals surface area contributed by atoms with Gasteiger partial charge < -0.3 is 5.11 Å². The van der Waals surface area contributed by atoms with E-state index in [-0.39, 0.29) is 0 Å². The largest absolute Gasteiger partial charge is 0.478 e. The van der Waals surface area contributed by atoms with Crippen molar-refractivity contribution in [3.8, 4) is 0 Å². The monoisotopic (exact) mass is 233 g/mol. The zero-order valence-electron chi connectivity index (χ0n) is 10.4. The lowest BCUT2D eigenvalue weighted by molar-refractivity contribution is 0.0696. The van der Waals surface area contributed by atoms with Crippen molar-refractivity contribution in [1.29, 1.82) is 0 Å². The van der Waals surface area contributed by atoms with E-state index in [0.717, 1.165) is 30.8 Å². The van der Waals surface area contributed by atoms with Crippen LogP contribution in [0.2, 0.25) is 0 Å². The van der Waals surface area contributed by atoms with Crippen molar-refractivity contribution < 1.29 is 9.90 Å². The van der Waals surface area contributed by atoms with Gasteiger partial charge in [-0.3, -0.25) is 4.90 Å². The first-order valence-electron chi connectivity index (χ1n) is 5.72. The third-order valence-electron chi connectivity index (χ3n) is 2.52. The zero-order chi connectivity index (χ0) is 12.8. The SMILES string of the molecule is C=C(C)CN(CC)Cc1cccc(C(=O)O)c1. The smallest absolute Gasteiger partial charge is 0.335 e. The number of carboxylic acids is 1. The van der Waals surface area contributed by atoms with E-state index < -0.39 is 5.97 Å². The molecule has 0 bridgehead atoms. The van der Waals surface area contributed by atoms with E-state index in [2.05, 4.69) is 18.4 Å². The lowest BCUT2D eigenvalue weighted by Gasteiger charge is -2.20. The lowest BCUT2D eigenvalue weighted by atomic mass is 10.1. The molecule has 3 nitrogen and oxygen atoms in total. The van der Waals surface area contributed by atoms with Gasteiger partial charge in [-0.05, 0) is 31.2 Å². The summed E-state index contributed by atoms with van der Waals surface area (Å²) in [5.74, 6) is -0.880. The van der Waals surface area contributed by atoms with Gasteiger partial charge >= 0.3 is 5.97 Å². The molecular weight excluding hydrogens is 214 g/mol. The first kappa shape index (κ1) is 13.5. The number of carboxylic acid groups (broad SMARTS) is 1. The molecule has 0 fully saturated rings. The summed E-state index contributed by atoms with van der Waals surface area (Å²) in [5, 5.41) is 8.92. The van der Waals surface area contributed by atoms with Crippen LogP contribution in [-0.2, 0) is 6.54 Å². The Hall–Kier alpha value is -1.61. The predicted octanol–water partition coefficient (Wildman–Crippen LogP) is 2.78. The van der Waals surface area contributed by atoms with E-state index in [1.165, 1.54) is 0 Å². The molecule has 0 radical (unpaired) electrons. The number of hydrogen-bond acceptors (Lipinski definition) is 2. The fourth-order valence-electron chi connectivity index (χ4n) is 1.72. The Bertz CT molecular complexity index is 412. The summed E-state index contributed by atoms with van der Waals surface area (Å²) in [5.41, 5.74) is 2.48.